The first-order chi connectivity index (χ1) is 9.11. The first kappa shape index (κ1) is 13.4. The Kier molecular flexibility index (Phi) is 4.06. The number of aryl methyl sites for hydroxylation is 1. The van der Waals surface area contributed by atoms with Crippen LogP contribution >= 0.6 is 11.3 Å². The normalized spacial score (nSPS) is 10.2. The maximum absolute atomic E-state index is 11.6. The summed E-state index contributed by atoms with van der Waals surface area (Å²) in [7, 11) is 1.33. The molecule has 100 valence electrons. The van der Waals surface area contributed by atoms with Crippen molar-refractivity contribution in [3.8, 4) is 5.75 Å². The van der Waals surface area contributed by atoms with Gasteiger partial charge in [0.05, 0.1) is 12.7 Å². The van der Waals surface area contributed by atoms with Crippen molar-refractivity contribution in [2.75, 3.05) is 12.8 Å². The Morgan fingerprint density at radius 2 is 2.21 bits per heavy atom. The summed E-state index contributed by atoms with van der Waals surface area (Å²) in [4.78, 5) is 12.7. The molecule has 2 rings (SSSR count). The second-order valence-corrected chi connectivity index (χ2v) is 5.09. The molecule has 0 aliphatic carbocycles. The van der Waals surface area contributed by atoms with Crippen molar-refractivity contribution < 1.29 is 14.3 Å². The average molecular weight is 277 g/mol. The molecule has 0 unspecified atom stereocenters. The second kappa shape index (κ2) is 5.75. The zero-order chi connectivity index (χ0) is 13.8. The van der Waals surface area contributed by atoms with Crippen LogP contribution in [0.3, 0.4) is 0 Å². The lowest BCUT2D eigenvalue weighted by Crippen LogP contribution is -2.08. The Bertz CT molecular complexity index is 579. The minimum atomic E-state index is -0.456. The first-order valence-corrected chi connectivity index (χ1v) is 6.63. The van der Waals surface area contributed by atoms with Crippen LogP contribution in [0.2, 0.25) is 0 Å². The fourth-order valence-electron chi connectivity index (χ4n) is 1.68. The zero-order valence-electron chi connectivity index (χ0n) is 10.8. The molecule has 2 N–H and O–H groups in total. The van der Waals surface area contributed by atoms with Gasteiger partial charge < -0.3 is 15.2 Å². The molecule has 5 heteroatoms. The number of methoxy groups -OCH3 is 1. The fourth-order valence-corrected chi connectivity index (χ4v) is 2.29. The van der Waals surface area contributed by atoms with Gasteiger partial charge in [0.2, 0.25) is 0 Å². The first-order valence-electron chi connectivity index (χ1n) is 5.75. The Hall–Kier alpha value is -2.01. The van der Waals surface area contributed by atoms with E-state index in [0.717, 1.165) is 10.4 Å². The van der Waals surface area contributed by atoms with Gasteiger partial charge in [-0.2, -0.15) is 0 Å². The zero-order valence-corrected chi connectivity index (χ0v) is 11.6. The molecule has 0 spiro atoms. The highest BCUT2D eigenvalue weighted by Crippen LogP contribution is 2.26. The number of rotatable bonds is 4. The molecular formula is C14H15NO3S. The topological polar surface area (TPSA) is 61.5 Å². The Morgan fingerprint density at radius 3 is 2.84 bits per heavy atom. The van der Waals surface area contributed by atoms with Gasteiger partial charge in [-0.25, -0.2) is 4.79 Å². The summed E-state index contributed by atoms with van der Waals surface area (Å²) >= 11 is 1.62. The van der Waals surface area contributed by atoms with Gasteiger partial charge in [0.25, 0.3) is 0 Å². The number of carbonyl (C=O) groups excluding carboxylic acids is 1. The molecule has 19 heavy (non-hydrogen) atoms. The van der Waals surface area contributed by atoms with Gasteiger partial charge in [-0.05, 0) is 36.1 Å². The minimum Gasteiger partial charge on any atom is -0.488 e. The van der Waals surface area contributed by atoms with Crippen LogP contribution in [0.5, 0.6) is 5.75 Å². The van der Waals surface area contributed by atoms with Gasteiger partial charge in [-0.1, -0.05) is 6.07 Å². The number of thiophene rings is 1. The lowest BCUT2D eigenvalue weighted by molar-refractivity contribution is 0.0601. The molecule has 1 aromatic heterocycles. The molecule has 4 nitrogen and oxygen atoms in total. The summed E-state index contributed by atoms with van der Waals surface area (Å²) in [6, 6.07) is 7.39. The SMILES string of the molecule is COC(=O)c1cc(OCc2cccs2)cc(C)c1N. The van der Waals surface area contributed by atoms with Crippen molar-refractivity contribution in [2.24, 2.45) is 0 Å². The molecule has 0 atom stereocenters. The third-order valence-corrected chi connectivity index (χ3v) is 3.58. The number of benzene rings is 1. The highest BCUT2D eigenvalue weighted by atomic mass is 32.1. The van der Waals surface area contributed by atoms with Crippen LogP contribution in [0.4, 0.5) is 5.69 Å². The number of carbonyl (C=O) groups is 1. The number of nitrogen functional groups attached to an aromatic ring is 1. The van der Waals surface area contributed by atoms with Gasteiger partial charge in [0.15, 0.2) is 0 Å². The van der Waals surface area contributed by atoms with Crippen LogP contribution in [-0.4, -0.2) is 13.1 Å². The molecule has 0 saturated carbocycles. The Morgan fingerprint density at radius 1 is 1.42 bits per heavy atom. The molecule has 0 fully saturated rings. The van der Waals surface area contributed by atoms with Crippen molar-refractivity contribution >= 4 is 23.0 Å². The van der Waals surface area contributed by atoms with E-state index >= 15 is 0 Å². The molecule has 0 aliphatic heterocycles. The third kappa shape index (κ3) is 3.06. The van der Waals surface area contributed by atoms with Crippen LogP contribution in [0.1, 0.15) is 20.8 Å². The summed E-state index contributed by atoms with van der Waals surface area (Å²) < 4.78 is 10.4. The lowest BCUT2D eigenvalue weighted by Gasteiger charge is -2.11. The van der Waals surface area contributed by atoms with Crippen LogP contribution in [0, 0.1) is 6.92 Å². The molecule has 2 aromatic rings. The lowest BCUT2D eigenvalue weighted by atomic mass is 10.1. The number of hydrogen-bond donors (Lipinski definition) is 1. The van der Waals surface area contributed by atoms with Gasteiger partial charge in [-0.15, -0.1) is 11.3 Å². The summed E-state index contributed by atoms with van der Waals surface area (Å²) in [6.45, 7) is 2.31. The van der Waals surface area contributed by atoms with Crippen molar-refractivity contribution in [3.63, 3.8) is 0 Å². The van der Waals surface area contributed by atoms with E-state index in [4.69, 9.17) is 15.2 Å². The van der Waals surface area contributed by atoms with E-state index in [9.17, 15) is 4.79 Å². The number of hydrogen-bond acceptors (Lipinski definition) is 5. The van der Waals surface area contributed by atoms with Crippen LogP contribution in [0.25, 0.3) is 0 Å². The molecular weight excluding hydrogens is 262 g/mol. The summed E-state index contributed by atoms with van der Waals surface area (Å²) in [5.41, 5.74) is 7.42. The van der Waals surface area contributed by atoms with Crippen molar-refractivity contribution in [3.05, 3.63) is 45.6 Å². The standard InChI is InChI=1S/C14H15NO3S/c1-9-6-10(18-8-11-4-3-5-19-11)7-12(13(9)15)14(16)17-2/h3-7H,8,15H2,1-2H3. The number of ether oxygens (including phenoxy) is 2. The van der Waals surface area contributed by atoms with E-state index in [2.05, 4.69) is 0 Å². The maximum atomic E-state index is 11.6. The Labute approximate surface area is 115 Å². The summed E-state index contributed by atoms with van der Waals surface area (Å²) in [6.07, 6.45) is 0. The third-order valence-electron chi connectivity index (χ3n) is 2.73. The smallest absolute Gasteiger partial charge is 0.340 e. The van der Waals surface area contributed by atoms with Gasteiger partial charge in [0, 0.05) is 10.6 Å². The number of esters is 1. The molecule has 0 saturated heterocycles. The van der Waals surface area contributed by atoms with Crippen LogP contribution < -0.4 is 10.5 Å². The monoisotopic (exact) mass is 277 g/mol. The molecule has 1 heterocycles. The number of anilines is 1. The van der Waals surface area contributed by atoms with Crippen LogP contribution in [-0.2, 0) is 11.3 Å². The summed E-state index contributed by atoms with van der Waals surface area (Å²) in [5, 5.41) is 1.99. The quantitative estimate of drug-likeness (QED) is 0.689. The maximum Gasteiger partial charge on any atom is 0.340 e. The van der Waals surface area contributed by atoms with Crippen molar-refractivity contribution in [2.45, 2.75) is 13.5 Å². The van der Waals surface area contributed by atoms with Gasteiger partial charge >= 0.3 is 5.97 Å². The predicted molar refractivity (Wildman–Crippen MR) is 75.6 cm³/mol. The van der Waals surface area contributed by atoms with Crippen LogP contribution in [0.15, 0.2) is 29.6 Å². The molecule has 1 aromatic carbocycles. The second-order valence-electron chi connectivity index (χ2n) is 4.06. The van der Waals surface area contributed by atoms with E-state index in [-0.39, 0.29) is 0 Å². The largest absolute Gasteiger partial charge is 0.488 e. The Balaban J connectivity index is 2.21. The van der Waals surface area contributed by atoms with E-state index in [1.165, 1.54) is 7.11 Å². The fraction of sp³-hybridized carbons (Fsp3) is 0.214. The van der Waals surface area contributed by atoms with E-state index in [1.807, 2.05) is 30.5 Å². The highest BCUT2D eigenvalue weighted by Gasteiger charge is 2.14. The van der Waals surface area contributed by atoms with E-state index in [1.54, 1.807) is 17.4 Å². The van der Waals surface area contributed by atoms with Crippen molar-refractivity contribution in [1.82, 2.24) is 0 Å². The molecule has 0 amide bonds. The molecule has 0 bridgehead atoms. The molecule has 0 aliphatic rings. The van der Waals surface area contributed by atoms with E-state index < -0.39 is 5.97 Å². The van der Waals surface area contributed by atoms with Gasteiger partial charge in [-0.3, -0.25) is 0 Å². The number of nitrogens with two attached hydrogens (primary N) is 1. The average Bonchev–Trinajstić information content (AvgIpc) is 2.92. The van der Waals surface area contributed by atoms with Gasteiger partial charge in [0.1, 0.15) is 12.4 Å². The van der Waals surface area contributed by atoms with E-state index in [0.29, 0.717) is 23.6 Å². The highest BCUT2D eigenvalue weighted by molar-refractivity contribution is 7.09. The minimum absolute atomic E-state index is 0.337. The van der Waals surface area contributed by atoms with Crippen molar-refractivity contribution in [1.29, 1.82) is 0 Å². The summed E-state index contributed by atoms with van der Waals surface area (Å²) in [5.74, 6) is 0.155. The molecule has 0 radical (unpaired) electrons. The predicted octanol–water partition coefficient (Wildman–Crippen LogP) is 3.00.